The fourth-order valence-electron chi connectivity index (χ4n) is 3.55. The van der Waals surface area contributed by atoms with Gasteiger partial charge in [0, 0.05) is 30.4 Å². The highest BCUT2D eigenvalue weighted by Crippen LogP contribution is 2.30. The number of carbonyl (C=O) groups excluding carboxylic acids is 1. The molecule has 1 amide bonds. The first-order valence-corrected chi connectivity index (χ1v) is 11.8. The summed E-state index contributed by atoms with van der Waals surface area (Å²) in [5, 5.41) is 8.95. The van der Waals surface area contributed by atoms with Crippen molar-refractivity contribution in [3.05, 3.63) is 41.6 Å². The number of aromatic nitrogens is 4. The fourth-order valence-corrected chi connectivity index (χ4v) is 4.25. The molecule has 34 heavy (non-hydrogen) atoms. The second-order valence-corrected chi connectivity index (χ2v) is 9.58. The number of morpholine rings is 1. The van der Waals surface area contributed by atoms with E-state index in [2.05, 4.69) is 29.2 Å². The molecule has 1 N–H and O–H groups in total. The lowest BCUT2D eigenvalue weighted by Crippen LogP contribution is -2.37. The van der Waals surface area contributed by atoms with E-state index in [-0.39, 0.29) is 12.1 Å². The number of nitrogens with zero attached hydrogens (tertiary/aromatic N) is 5. The maximum Gasteiger partial charge on any atom is 0.416 e. The number of alkyl halides is 3. The Morgan fingerprint density at radius 3 is 2.53 bits per heavy atom. The number of thioether (sulfide) groups is 1. The number of hydrogen-bond acceptors (Lipinski definition) is 7. The standard InChI is InChI=1S/C22H25F3N6O2S/c1-14(2)34-21-28-18(30-9-11-33-12-10-30)17-13-27-31(19(17)29-21)8-7-26-20(32)15-3-5-16(6-4-15)22(23,24)25/h3-6,13-14H,7-12H2,1-2H3,(H,26,32). The van der Waals surface area contributed by atoms with E-state index in [1.165, 1.54) is 12.1 Å². The molecule has 182 valence electrons. The summed E-state index contributed by atoms with van der Waals surface area (Å²) in [5.41, 5.74) is 0.0344. The number of halogens is 3. The zero-order chi connectivity index (χ0) is 24.3. The van der Waals surface area contributed by atoms with E-state index < -0.39 is 17.6 Å². The molecule has 12 heteroatoms. The fraction of sp³-hybridized carbons (Fsp3) is 0.455. The molecule has 0 saturated carbocycles. The number of ether oxygens (including phenoxy) is 1. The van der Waals surface area contributed by atoms with E-state index in [9.17, 15) is 18.0 Å². The summed E-state index contributed by atoms with van der Waals surface area (Å²) >= 11 is 1.56. The smallest absolute Gasteiger partial charge is 0.378 e. The molecule has 1 aliphatic heterocycles. The van der Waals surface area contributed by atoms with Crippen LogP contribution < -0.4 is 10.2 Å². The van der Waals surface area contributed by atoms with Gasteiger partial charge in [-0.25, -0.2) is 14.6 Å². The highest BCUT2D eigenvalue weighted by Gasteiger charge is 2.30. The van der Waals surface area contributed by atoms with E-state index in [1.54, 1.807) is 22.6 Å². The Bertz CT molecular complexity index is 1140. The third-order valence-electron chi connectivity index (χ3n) is 5.19. The molecule has 0 radical (unpaired) electrons. The topological polar surface area (TPSA) is 85.2 Å². The van der Waals surface area contributed by atoms with Gasteiger partial charge in [-0.05, 0) is 24.3 Å². The average Bonchev–Trinajstić information content (AvgIpc) is 3.21. The number of fused-ring (bicyclic) bond motifs is 1. The summed E-state index contributed by atoms with van der Waals surface area (Å²) in [7, 11) is 0. The van der Waals surface area contributed by atoms with Crippen LogP contribution in [0, 0.1) is 0 Å². The SMILES string of the molecule is CC(C)Sc1nc(N2CCOCC2)c2cnn(CCNC(=O)c3ccc(C(F)(F)F)cc3)c2n1. The first kappa shape index (κ1) is 24.3. The molecule has 0 spiro atoms. The summed E-state index contributed by atoms with van der Waals surface area (Å²) in [6.45, 7) is 7.44. The second-order valence-electron chi connectivity index (χ2n) is 8.03. The number of carbonyl (C=O) groups is 1. The normalized spacial score (nSPS) is 14.7. The van der Waals surface area contributed by atoms with Crippen molar-refractivity contribution in [2.45, 2.75) is 37.0 Å². The van der Waals surface area contributed by atoms with Gasteiger partial charge >= 0.3 is 6.18 Å². The van der Waals surface area contributed by atoms with Gasteiger partial charge in [0.05, 0.1) is 36.9 Å². The van der Waals surface area contributed by atoms with Gasteiger partial charge in [-0.15, -0.1) is 0 Å². The van der Waals surface area contributed by atoms with Crippen LogP contribution in [0.15, 0.2) is 35.6 Å². The van der Waals surface area contributed by atoms with Crippen LogP contribution in [0.1, 0.15) is 29.8 Å². The van der Waals surface area contributed by atoms with Crippen molar-refractivity contribution in [2.24, 2.45) is 0 Å². The van der Waals surface area contributed by atoms with Gasteiger partial charge in [0.25, 0.3) is 5.91 Å². The Kier molecular flexibility index (Phi) is 7.27. The third kappa shape index (κ3) is 5.61. The summed E-state index contributed by atoms with van der Waals surface area (Å²) in [4.78, 5) is 24.0. The molecule has 3 heterocycles. The van der Waals surface area contributed by atoms with Crippen molar-refractivity contribution in [2.75, 3.05) is 37.7 Å². The highest BCUT2D eigenvalue weighted by atomic mass is 32.2. The predicted octanol–water partition coefficient (Wildman–Crippen LogP) is 3.61. The Morgan fingerprint density at radius 1 is 1.18 bits per heavy atom. The summed E-state index contributed by atoms with van der Waals surface area (Å²) in [6, 6.07) is 4.12. The minimum absolute atomic E-state index is 0.158. The molecule has 3 aromatic rings. The monoisotopic (exact) mass is 494 g/mol. The molecule has 4 rings (SSSR count). The molecular weight excluding hydrogens is 469 g/mol. The van der Waals surface area contributed by atoms with Crippen LogP contribution in [0.3, 0.4) is 0 Å². The highest BCUT2D eigenvalue weighted by molar-refractivity contribution is 7.99. The van der Waals surface area contributed by atoms with Crippen LogP contribution in [0.2, 0.25) is 0 Å². The quantitative estimate of drug-likeness (QED) is 0.397. The van der Waals surface area contributed by atoms with Gasteiger partial charge in [-0.1, -0.05) is 25.6 Å². The van der Waals surface area contributed by atoms with Crippen molar-refractivity contribution in [1.82, 2.24) is 25.1 Å². The van der Waals surface area contributed by atoms with E-state index in [1.807, 2.05) is 0 Å². The van der Waals surface area contributed by atoms with E-state index in [0.29, 0.717) is 35.8 Å². The number of anilines is 1. The minimum Gasteiger partial charge on any atom is -0.378 e. The Balaban J connectivity index is 1.49. The maximum absolute atomic E-state index is 12.7. The third-order valence-corrected chi connectivity index (χ3v) is 6.06. The van der Waals surface area contributed by atoms with Crippen molar-refractivity contribution in [3.63, 3.8) is 0 Å². The Labute approximate surface area is 198 Å². The van der Waals surface area contributed by atoms with Gasteiger partial charge in [0.2, 0.25) is 0 Å². The zero-order valence-corrected chi connectivity index (χ0v) is 19.6. The van der Waals surface area contributed by atoms with Crippen molar-refractivity contribution in [3.8, 4) is 0 Å². The lowest BCUT2D eigenvalue weighted by atomic mass is 10.1. The summed E-state index contributed by atoms with van der Waals surface area (Å²) in [5.74, 6) is 0.362. The van der Waals surface area contributed by atoms with Crippen molar-refractivity contribution >= 4 is 34.5 Å². The number of nitrogens with one attached hydrogen (secondary N) is 1. The van der Waals surface area contributed by atoms with Crippen LogP contribution >= 0.6 is 11.8 Å². The van der Waals surface area contributed by atoms with E-state index in [4.69, 9.17) is 14.7 Å². The number of hydrogen-bond donors (Lipinski definition) is 1. The number of benzene rings is 1. The molecule has 1 aromatic carbocycles. The summed E-state index contributed by atoms with van der Waals surface area (Å²) < 4.78 is 45.3. The van der Waals surface area contributed by atoms with Crippen LogP contribution in [-0.4, -0.2) is 63.8 Å². The summed E-state index contributed by atoms with van der Waals surface area (Å²) in [6.07, 6.45) is -2.72. The maximum atomic E-state index is 12.7. The van der Waals surface area contributed by atoms with Gasteiger partial charge in [0.1, 0.15) is 5.82 Å². The molecule has 0 bridgehead atoms. The molecule has 8 nitrogen and oxygen atoms in total. The lowest BCUT2D eigenvalue weighted by molar-refractivity contribution is -0.137. The molecule has 1 aliphatic rings. The van der Waals surface area contributed by atoms with E-state index in [0.717, 1.165) is 36.4 Å². The number of amides is 1. The first-order valence-electron chi connectivity index (χ1n) is 10.9. The second kappa shape index (κ2) is 10.2. The van der Waals surface area contributed by atoms with Crippen LogP contribution in [0.25, 0.3) is 11.0 Å². The molecule has 0 unspecified atom stereocenters. The first-order chi connectivity index (χ1) is 16.2. The molecule has 0 aliphatic carbocycles. The number of rotatable bonds is 7. The molecule has 2 aromatic heterocycles. The predicted molar refractivity (Wildman–Crippen MR) is 123 cm³/mol. The van der Waals surface area contributed by atoms with Gasteiger partial charge in [0.15, 0.2) is 10.8 Å². The molecule has 1 saturated heterocycles. The van der Waals surface area contributed by atoms with Crippen LogP contribution in [-0.2, 0) is 17.5 Å². The Morgan fingerprint density at radius 2 is 1.88 bits per heavy atom. The van der Waals surface area contributed by atoms with Crippen molar-refractivity contribution < 1.29 is 22.7 Å². The van der Waals surface area contributed by atoms with Gasteiger partial charge in [-0.2, -0.15) is 18.3 Å². The van der Waals surface area contributed by atoms with Gasteiger partial charge < -0.3 is 15.0 Å². The van der Waals surface area contributed by atoms with Gasteiger partial charge in [-0.3, -0.25) is 4.79 Å². The van der Waals surface area contributed by atoms with E-state index >= 15 is 0 Å². The molecule has 1 fully saturated rings. The average molecular weight is 495 g/mol. The van der Waals surface area contributed by atoms with Crippen LogP contribution in [0.4, 0.5) is 19.0 Å². The minimum atomic E-state index is -4.44. The van der Waals surface area contributed by atoms with Crippen molar-refractivity contribution in [1.29, 1.82) is 0 Å². The van der Waals surface area contributed by atoms with Crippen LogP contribution in [0.5, 0.6) is 0 Å². The zero-order valence-electron chi connectivity index (χ0n) is 18.8. The molecule has 0 atom stereocenters. The Hall–Kier alpha value is -2.86. The largest absolute Gasteiger partial charge is 0.416 e. The molecular formula is C22H25F3N6O2S. The lowest BCUT2D eigenvalue weighted by Gasteiger charge is -2.28.